The van der Waals surface area contributed by atoms with Crippen LogP contribution in [0.25, 0.3) is 22.5 Å². The molecule has 4 aromatic heterocycles. The molecule has 0 fully saturated rings. The Balaban J connectivity index is 0. The minimum Gasteiger partial charge on any atom is -0.760 e. The zero-order valence-corrected chi connectivity index (χ0v) is 30.6. The Kier molecular flexibility index (Phi) is 24.1. The predicted octanol–water partition coefficient (Wildman–Crippen LogP) is 8.72. The Bertz CT molecular complexity index is 1520. The molecule has 0 spiro atoms. The molecule has 46 heavy (non-hydrogen) atoms. The Morgan fingerprint density at radius 1 is 0.522 bits per heavy atom. The Morgan fingerprint density at radius 3 is 1.35 bits per heavy atom. The first kappa shape index (κ1) is 44.7. The molecule has 6 rings (SSSR count). The first-order chi connectivity index (χ1) is 20.3. The van der Waals surface area contributed by atoms with Crippen LogP contribution in [0.3, 0.4) is 0 Å². The van der Waals surface area contributed by atoms with Gasteiger partial charge in [0.1, 0.15) is 11.6 Å². The fourth-order valence-electron chi connectivity index (χ4n) is 3.07. The maximum absolute atomic E-state index is 13.3. The summed E-state index contributed by atoms with van der Waals surface area (Å²) in [5, 5.41) is 1.31. The third-order valence-electron chi connectivity index (χ3n) is 4.93. The molecule has 0 bridgehead atoms. The number of nitrogens with zero attached hydrogens (tertiary/aromatic N) is 4. The van der Waals surface area contributed by atoms with Crippen LogP contribution in [0.4, 0.5) is 17.6 Å². The molecular formula is C34H27F4N4Pt2S2-3. The van der Waals surface area contributed by atoms with Crippen molar-refractivity contribution in [3.63, 3.8) is 0 Å². The first-order valence-electron chi connectivity index (χ1n) is 12.1. The van der Waals surface area contributed by atoms with Gasteiger partial charge in [-0.1, -0.05) is 64.1 Å². The monoisotopic (exact) mass is 1020 g/mol. The maximum atomic E-state index is 13.3. The van der Waals surface area contributed by atoms with E-state index < -0.39 is 23.3 Å². The number of pyridine rings is 4. The van der Waals surface area contributed by atoms with E-state index >= 15 is 0 Å². The van der Waals surface area contributed by atoms with Crippen molar-refractivity contribution in [1.82, 2.24) is 19.9 Å². The van der Waals surface area contributed by atoms with Crippen LogP contribution in [-0.4, -0.2) is 19.9 Å². The molecule has 0 amide bonds. The summed E-state index contributed by atoms with van der Waals surface area (Å²) >= 11 is 9.40. The average Bonchev–Trinajstić information content (AvgIpc) is 3.00. The number of benzene rings is 2. The average molecular weight is 1020 g/mol. The molecule has 0 aliphatic rings. The topological polar surface area (TPSA) is 51.6 Å². The molecule has 0 saturated carbocycles. The van der Waals surface area contributed by atoms with Crippen molar-refractivity contribution in [2.24, 2.45) is 0 Å². The summed E-state index contributed by atoms with van der Waals surface area (Å²) in [5.41, 5.74) is 1.45. The van der Waals surface area contributed by atoms with Crippen molar-refractivity contribution in [2.75, 3.05) is 0 Å². The second-order valence-corrected chi connectivity index (χ2v) is 8.77. The largest absolute Gasteiger partial charge is 2.00 e. The van der Waals surface area contributed by atoms with Crippen molar-refractivity contribution in [2.45, 2.75) is 10.1 Å². The van der Waals surface area contributed by atoms with Gasteiger partial charge in [-0.3, -0.25) is 23.7 Å². The van der Waals surface area contributed by atoms with E-state index in [1.807, 2.05) is 24.3 Å². The number of hydrogen-bond donors (Lipinski definition) is 0. The van der Waals surface area contributed by atoms with Crippen LogP contribution in [0.15, 0.2) is 138 Å². The van der Waals surface area contributed by atoms with Gasteiger partial charge in [-0.15, -0.1) is 12.1 Å². The van der Waals surface area contributed by atoms with Crippen molar-refractivity contribution in [3.05, 3.63) is 172 Å². The molecule has 0 atom stereocenters. The Morgan fingerprint density at radius 2 is 0.978 bits per heavy atom. The van der Waals surface area contributed by atoms with Crippen LogP contribution in [-0.2, 0) is 67.4 Å². The van der Waals surface area contributed by atoms with Crippen molar-refractivity contribution >= 4 is 25.3 Å². The fraction of sp³-hybridized carbons (Fsp3) is 0. The van der Waals surface area contributed by atoms with Gasteiger partial charge in [-0.2, -0.15) is 0 Å². The third-order valence-corrected chi connectivity index (χ3v) is 5.41. The molecule has 246 valence electrons. The van der Waals surface area contributed by atoms with E-state index in [9.17, 15) is 17.6 Å². The van der Waals surface area contributed by atoms with Crippen molar-refractivity contribution in [1.29, 1.82) is 0 Å². The van der Waals surface area contributed by atoms with E-state index in [-0.39, 0.29) is 62.5 Å². The van der Waals surface area contributed by atoms with Gasteiger partial charge in [0.2, 0.25) is 0 Å². The van der Waals surface area contributed by atoms with E-state index in [4.69, 9.17) is 25.3 Å². The van der Waals surface area contributed by atoms with Gasteiger partial charge in [0.15, 0.2) is 0 Å². The van der Waals surface area contributed by atoms with Crippen LogP contribution in [0.2, 0.25) is 0 Å². The fourth-order valence-corrected chi connectivity index (χ4v) is 3.34. The molecule has 0 aliphatic carbocycles. The zero-order chi connectivity index (χ0) is 30.2. The van der Waals surface area contributed by atoms with E-state index in [1.165, 1.54) is 12.1 Å². The third kappa shape index (κ3) is 16.2. The van der Waals surface area contributed by atoms with Gasteiger partial charge in [-0.25, -0.2) is 8.78 Å². The van der Waals surface area contributed by atoms with Crippen LogP contribution < -0.4 is 0 Å². The summed E-state index contributed by atoms with van der Waals surface area (Å²) in [4.78, 5) is 15.5. The molecule has 12 heteroatoms. The SMILES string of the molecule is Fc1c[c-]c(-c2ccccn2)c(F)c1.Fc1ccc(-c2ccccn2)c(F)c1.[CH3-].[CH3-].[Pt+2].[Pt].[S-]c1ccccn1.[S-]c1ccccn1. The van der Waals surface area contributed by atoms with Crippen LogP contribution >= 0.6 is 0 Å². The van der Waals surface area contributed by atoms with Gasteiger partial charge in [0, 0.05) is 69.1 Å². The normalized spacial score (nSPS) is 8.78. The summed E-state index contributed by atoms with van der Waals surface area (Å²) in [6.07, 6.45) is 6.48. The smallest absolute Gasteiger partial charge is 0.760 e. The summed E-state index contributed by atoms with van der Waals surface area (Å²) in [6, 6.07) is 29.1. The number of halogens is 4. The zero-order valence-electron chi connectivity index (χ0n) is 24.4. The summed E-state index contributed by atoms with van der Waals surface area (Å²) in [6.45, 7) is 0. The van der Waals surface area contributed by atoms with Gasteiger partial charge in [0.05, 0.1) is 5.69 Å². The second-order valence-electron chi connectivity index (χ2n) is 7.93. The first-order valence-corrected chi connectivity index (χ1v) is 13.0. The molecule has 0 radical (unpaired) electrons. The summed E-state index contributed by atoms with van der Waals surface area (Å²) in [7, 11) is 0. The molecular weight excluding hydrogens is 995 g/mol. The minimum absolute atomic E-state index is 0. The second kappa shape index (κ2) is 24.8. The molecule has 0 unspecified atom stereocenters. The summed E-state index contributed by atoms with van der Waals surface area (Å²) in [5.74, 6) is -2.46. The predicted molar refractivity (Wildman–Crippen MR) is 171 cm³/mol. The minimum atomic E-state index is -0.649. The van der Waals surface area contributed by atoms with Crippen molar-refractivity contribution in [3.8, 4) is 22.5 Å². The molecule has 4 nitrogen and oxygen atoms in total. The number of rotatable bonds is 2. The van der Waals surface area contributed by atoms with E-state index in [0.717, 1.165) is 18.2 Å². The van der Waals surface area contributed by atoms with Crippen molar-refractivity contribution < 1.29 is 59.7 Å². The molecule has 6 aromatic rings. The van der Waals surface area contributed by atoms with Gasteiger partial charge in [-0.05, 0) is 48.2 Å². The maximum Gasteiger partial charge on any atom is 2.00 e. The molecule has 0 N–H and O–H groups in total. The quantitative estimate of drug-likeness (QED) is 0.0984. The molecule has 0 saturated heterocycles. The molecule has 4 heterocycles. The van der Waals surface area contributed by atoms with Crippen LogP contribution in [0.1, 0.15) is 0 Å². The van der Waals surface area contributed by atoms with Gasteiger partial charge >= 0.3 is 21.1 Å². The molecule has 2 aromatic carbocycles. The standard InChI is InChI=1S/C11H7F2N.C11H6F2N.2C5H5NS.2CH3.2Pt/c2*12-8-4-5-9(10(13)7-8)11-3-1-2-6-14-11;2*7-5-3-1-2-4-6-5;;;;/h1-7H;1-4,6-7H;2*1-4H,(H,6,7);2*1H3;;/q;-1;;;2*-1;;+2/p-2. The summed E-state index contributed by atoms with van der Waals surface area (Å²) < 4.78 is 51.7. The number of hydrogen-bond acceptors (Lipinski definition) is 6. The Labute approximate surface area is 307 Å². The van der Waals surface area contributed by atoms with E-state index in [1.54, 1.807) is 73.3 Å². The van der Waals surface area contributed by atoms with E-state index in [2.05, 4.69) is 26.0 Å². The van der Waals surface area contributed by atoms with Crippen LogP contribution in [0.5, 0.6) is 0 Å². The Hall–Kier alpha value is -3.42. The van der Waals surface area contributed by atoms with Gasteiger partial charge in [0.25, 0.3) is 0 Å². The van der Waals surface area contributed by atoms with Gasteiger partial charge < -0.3 is 45.1 Å². The number of aromatic nitrogens is 4. The molecule has 0 aliphatic heterocycles. The van der Waals surface area contributed by atoms with E-state index in [0.29, 0.717) is 27.0 Å². The van der Waals surface area contributed by atoms with Crippen LogP contribution in [0, 0.1) is 44.2 Å².